The van der Waals surface area contributed by atoms with Gasteiger partial charge in [0.2, 0.25) is 10.0 Å². The Labute approximate surface area is 209 Å². The lowest BCUT2D eigenvalue weighted by molar-refractivity contribution is -0.141. The normalized spacial score (nSPS) is 17.7. The Hall–Kier alpha value is -3.69. The Morgan fingerprint density at radius 1 is 0.917 bits per heavy atom. The standard InChI is InChI=1S/C27H26N2O6S/c30-26(31)25-15-21-3-1-2-4-22(21)16-29(25)36(33,34)24-13-9-20(10-14-24)19-7-11-23(12-8-19)28-27(32)35-17-18-5-6-18/h1-4,7-14,18,25H,5-6,15-17H2,(H,28,32)(H,30,31)/t25-/m1/s1. The van der Waals surface area contributed by atoms with Crippen LogP contribution in [0.15, 0.2) is 77.7 Å². The minimum absolute atomic E-state index is 0.00871. The number of carboxylic acid groups (broad SMARTS) is 1. The molecule has 3 aromatic carbocycles. The van der Waals surface area contributed by atoms with Crippen LogP contribution in [-0.4, -0.2) is 42.5 Å². The van der Waals surface area contributed by atoms with Gasteiger partial charge in [0.1, 0.15) is 6.04 Å². The van der Waals surface area contributed by atoms with Crippen molar-refractivity contribution >= 4 is 27.8 Å². The first-order valence-corrected chi connectivity index (χ1v) is 13.2. The maximum absolute atomic E-state index is 13.4. The first-order valence-electron chi connectivity index (χ1n) is 11.8. The Kier molecular flexibility index (Phi) is 6.51. The average molecular weight is 507 g/mol. The van der Waals surface area contributed by atoms with Gasteiger partial charge in [0.25, 0.3) is 0 Å². The van der Waals surface area contributed by atoms with Crippen molar-refractivity contribution in [2.75, 3.05) is 11.9 Å². The molecule has 0 radical (unpaired) electrons. The summed E-state index contributed by atoms with van der Waals surface area (Å²) < 4.78 is 33.1. The molecule has 9 heteroatoms. The van der Waals surface area contributed by atoms with Crippen LogP contribution in [0.1, 0.15) is 24.0 Å². The maximum atomic E-state index is 13.4. The van der Waals surface area contributed by atoms with Crippen molar-refractivity contribution in [3.8, 4) is 11.1 Å². The highest BCUT2D eigenvalue weighted by atomic mass is 32.2. The van der Waals surface area contributed by atoms with Crippen LogP contribution in [0.2, 0.25) is 0 Å². The van der Waals surface area contributed by atoms with Crippen LogP contribution in [0.3, 0.4) is 0 Å². The molecule has 0 aromatic heterocycles. The van der Waals surface area contributed by atoms with Crippen molar-refractivity contribution in [1.82, 2.24) is 4.31 Å². The summed E-state index contributed by atoms with van der Waals surface area (Å²) in [5.41, 5.74) is 3.88. The summed E-state index contributed by atoms with van der Waals surface area (Å²) in [5, 5.41) is 12.4. The van der Waals surface area contributed by atoms with Crippen LogP contribution in [0.5, 0.6) is 0 Å². The molecule has 1 aliphatic heterocycles. The van der Waals surface area contributed by atoms with Gasteiger partial charge in [-0.05, 0) is 65.3 Å². The van der Waals surface area contributed by atoms with Gasteiger partial charge < -0.3 is 9.84 Å². The molecular formula is C27H26N2O6S. The van der Waals surface area contributed by atoms with E-state index in [9.17, 15) is 23.1 Å². The van der Waals surface area contributed by atoms with Gasteiger partial charge in [-0.25, -0.2) is 13.2 Å². The molecule has 3 aromatic rings. The van der Waals surface area contributed by atoms with E-state index in [1.165, 1.54) is 12.1 Å². The predicted octanol–water partition coefficient (Wildman–Crippen LogP) is 4.51. The molecule has 2 N–H and O–H groups in total. The first kappa shape index (κ1) is 24.0. The number of benzene rings is 3. The summed E-state index contributed by atoms with van der Waals surface area (Å²) in [6.45, 7) is 0.450. The van der Waals surface area contributed by atoms with E-state index in [2.05, 4.69) is 5.32 Å². The van der Waals surface area contributed by atoms with E-state index in [1.54, 1.807) is 24.3 Å². The molecule has 186 valence electrons. The number of anilines is 1. The molecular weight excluding hydrogens is 480 g/mol. The topological polar surface area (TPSA) is 113 Å². The quantitative estimate of drug-likeness (QED) is 0.487. The monoisotopic (exact) mass is 506 g/mol. The van der Waals surface area contributed by atoms with Crippen LogP contribution in [0, 0.1) is 5.92 Å². The molecule has 1 aliphatic carbocycles. The van der Waals surface area contributed by atoms with Crippen LogP contribution >= 0.6 is 0 Å². The number of aliphatic carboxylic acids is 1. The first-order chi connectivity index (χ1) is 17.3. The molecule has 36 heavy (non-hydrogen) atoms. The molecule has 0 spiro atoms. The van der Waals surface area contributed by atoms with Crippen LogP contribution in [0.4, 0.5) is 10.5 Å². The Balaban J connectivity index is 1.30. The molecule has 1 atom stereocenters. The molecule has 8 nitrogen and oxygen atoms in total. The van der Waals surface area contributed by atoms with E-state index in [0.29, 0.717) is 18.2 Å². The van der Waals surface area contributed by atoms with Crippen molar-refractivity contribution in [1.29, 1.82) is 0 Å². The molecule has 1 heterocycles. The molecule has 0 unspecified atom stereocenters. The van der Waals surface area contributed by atoms with Crippen LogP contribution in [0.25, 0.3) is 11.1 Å². The summed E-state index contributed by atoms with van der Waals surface area (Å²) in [6, 6.07) is 19.6. The average Bonchev–Trinajstić information content (AvgIpc) is 3.72. The smallest absolute Gasteiger partial charge is 0.411 e. The molecule has 1 fully saturated rings. The van der Waals surface area contributed by atoms with E-state index in [4.69, 9.17) is 4.74 Å². The van der Waals surface area contributed by atoms with Gasteiger partial charge in [-0.3, -0.25) is 10.1 Å². The summed E-state index contributed by atoms with van der Waals surface area (Å²) in [6.07, 6.45) is 1.85. The van der Waals surface area contributed by atoms with Gasteiger partial charge in [-0.2, -0.15) is 4.31 Å². The molecule has 1 amide bonds. The highest BCUT2D eigenvalue weighted by molar-refractivity contribution is 7.89. The molecule has 0 bridgehead atoms. The lowest BCUT2D eigenvalue weighted by atomic mass is 9.96. The van der Waals surface area contributed by atoms with E-state index in [-0.39, 0.29) is 17.9 Å². The van der Waals surface area contributed by atoms with Gasteiger partial charge in [0.05, 0.1) is 11.5 Å². The molecule has 0 saturated heterocycles. The lowest BCUT2D eigenvalue weighted by Crippen LogP contribution is -2.48. The number of nitrogens with zero attached hydrogens (tertiary/aromatic N) is 1. The van der Waals surface area contributed by atoms with E-state index in [0.717, 1.165) is 39.4 Å². The number of hydrogen-bond donors (Lipinski definition) is 2. The third-order valence-electron chi connectivity index (χ3n) is 6.56. The fourth-order valence-electron chi connectivity index (χ4n) is 4.29. The van der Waals surface area contributed by atoms with Crippen LogP contribution < -0.4 is 5.32 Å². The van der Waals surface area contributed by atoms with Crippen molar-refractivity contribution in [3.63, 3.8) is 0 Å². The zero-order valence-electron chi connectivity index (χ0n) is 19.5. The summed E-state index contributed by atoms with van der Waals surface area (Å²) in [4.78, 5) is 23.8. The van der Waals surface area contributed by atoms with Gasteiger partial charge in [0, 0.05) is 18.7 Å². The van der Waals surface area contributed by atoms with Gasteiger partial charge in [-0.1, -0.05) is 48.5 Å². The number of nitrogens with one attached hydrogen (secondary N) is 1. The molecule has 5 rings (SSSR count). The molecule has 2 aliphatic rings. The van der Waals surface area contributed by atoms with Gasteiger partial charge in [0.15, 0.2) is 0 Å². The number of hydrogen-bond acceptors (Lipinski definition) is 5. The number of carboxylic acids is 1. The van der Waals surface area contributed by atoms with E-state index in [1.807, 2.05) is 36.4 Å². The second kappa shape index (κ2) is 9.75. The highest BCUT2D eigenvalue weighted by Crippen LogP contribution is 2.31. The van der Waals surface area contributed by atoms with E-state index < -0.39 is 28.1 Å². The zero-order chi connectivity index (χ0) is 25.3. The number of fused-ring (bicyclic) bond motifs is 1. The number of carbonyl (C=O) groups is 2. The third kappa shape index (κ3) is 5.12. The van der Waals surface area contributed by atoms with Gasteiger partial charge in [-0.15, -0.1) is 0 Å². The van der Waals surface area contributed by atoms with Crippen molar-refractivity contribution in [3.05, 3.63) is 83.9 Å². The Bertz CT molecular complexity index is 1380. The summed E-state index contributed by atoms with van der Waals surface area (Å²) in [5.74, 6) is -0.680. The number of rotatable bonds is 7. The number of amides is 1. The van der Waals surface area contributed by atoms with E-state index >= 15 is 0 Å². The SMILES string of the molecule is O=C(Nc1ccc(-c2ccc(S(=O)(=O)N3Cc4ccccc4C[C@@H]3C(=O)O)cc2)cc1)OCC1CC1. The Morgan fingerprint density at radius 2 is 1.53 bits per heavy atom. The number of carbonyl (C=O) groups excluding carboxylic acids is 1. The summed E-state index contributed by atoms with van der Waals surface area (Å²) >= 11 is 0. The third-order valence-corrected chi connectivity index (χ3v) is 8.43. The van der Waals surface area contributed by atoms with Crippen molar-refractivity contribution in [2.24, 2.45) is 5.92 Å². The maximum Gasteiger partial charge on any atom is 0.411 e. The van der Waals surface area contributed by atoms with Crippen molar-refractivity contribution < 1.29 is 27.9 Å². The zero-order valence-corrected chi connectivity index (χ0v) is 20.3. The molecule has 1 saturated carbocycles. The minimum Gasteiger partial charge on any atom is -0.480 e. The van der Waals surface area contributed by atoms with Crippen molar-refractivity contribution in [2.45, 2.75) is 36.7 Å². The van der Waals surface area contributed by atoms with Crippen LogP contribution in [-0.2, 0) is 32.5 Å². The largest absolute Gasteiger partial charge is 0.480 e. The summed E-state index contributed by atoms with van der Waals surface area (Å²) in [7, 11) is -4.03. The fourth-order valence-corrected chi connectivity index (χ4v) is 5.85. The lowest BCUT2D eigenvalue weighted by Gasteiger charge is -2.33. The second-order valence-corrected chi connectivity index (χ2v) is 11.0. The second-order valence-electron chi connectivity index (χ2n) is 9.15. The number of ether oxygens (including phenoxy) is 1. The minimum atomic E-state index is -4.03. The Morgan fingerprint density at radius 3 is 2.14 bits per heavy atom. The highest BCUT2D eigenvalue weighted by Gasteiger charge is 2.39. The fraction of sp³-hybridized carbons (Fsp3) is 0.259. The van der Waals surface area contributed by atoms with Gasteiger partial charge >= 0.3 is 12.1 Å². The predicted molar refractivity (Wildman–Crippen MR) is 134 cm³/mol. The number of sulfonamides is 1.